The van der Waals surface area contributed by atoms with Gasteiger partial charge in [-0.25, -0.2) is 0 Å². The molecule has 2 heteroatoms. The van der Waals surface area contributed by atoms with Gasteiger partial charge in [0.25, 0.3) is 0 Å². The van der Waals surface area contributed by atoms with Crippen molar-refractivity contribution in [3.8, 4) is 0 Å². The number of halogens is 1. The molecule has 80 valence electrons. The van der Waals surface area contributed by atoms with E-state index in [4.69, 9.17) is 5.73 Å². The van der Waals surface area contributed by atoms with Gasteiger partial charge >= 0.3 is 0 Å². The van der Waals surface area contributed by atoms with E-state index >= 15 is 0 Å². The lowest BCUT2D eigenvalue weighted by Crippen LogP contribution is -2.31. The highest BCUT2D eigenvalue weighted by molar-refractivity contribution is 5.85. The highest BCUT2D eigenvalue weighted by Crippen LogP contribution is 2.47. The van der Waals surface area contributed by atoms with E-state index in [-0.39, 0.29) is 12.4 Å². The highest BCUT2D eigenvalue weighted by atomic mass is 35.5. The van der Waals surface area contributed by atoms with E-state index in [0.717, 1.165) is 0 Å². The minimum atomic E-state index is 0. The van der Waals surface area contributed by atoms with Crippen molar-refractivity contribution in [3.05, 3.63) is 48.0 Å². The molecule has 3 rings (SSSR count). The van der Waals surface area contributed by atoms with E-state index in [2.05, 4.69) is 42.5 Å². The fraction of sp³-hybridized carbons (Fsp3) is 0.385. The highest BCUT2D eigenvalue weighted by Gasteiger charge is 2.42. The Kier molecular flexibility index (Phi) is 2.85. The van der Waals surface area contributed by atoms with E-state index in [1.54, 1.807) is 0 Å². The zero-order valence-electron chi connectivity index (χ0n) is 8.54. The van der Waals surface area contributed by atoms with Gasteiger partial charge in [0, 0.05) is 12.0 Å². The summed E-state index contributed by atoms with van der Waals surface area (Å²) in [4.78, 5) is 0. The average molecular weight is 222 g/mol. The van der Waals surface area contributed by atoms with E-state index in [9.17, 15) is 0 Å². The molecule has 0 heterocycles. The third-order valence-corrected chi connectivity index (χ3v) is 3.70. The number of fused-ring (bicyclic) bond motifs is 2. The quantitative estimate of drug-likeness (QED) is 0.726. The van der Waals surface area contributed by atoms with Crippen LogP contribution in [0.25, 0.3) is 0 Å². The van der Waals surface area contributed by atoms with Crippen molar-refractivity contribution >= 4 is 12.4 Å². The predicted molar refractivity (Wildman–Crippen MR) is 65.1 cm³/mol. The number of benzene rings is 1. The van der Waals surface area contributed by atoms with Crippen molar-refractivity contribution in [1.29, 1.82) is 0 Å². The fourth-order valence-electron chi connectivity index (χ4n) is 3.01. The lowest BCUT2D eigenvalue weighted by Gasteiger charge is -2.24. The third-order valence-electron chi connectivity index (χ3n) is 3.70. The molecular weight excluding hydrogens is 206 g/mol. The summed E-state index contributed by atoms with van der Waals surface area (Å²) in [5.74, 6) is 1.88. The van der Waals surface area contributed by atoms with Gasteiger partial charge in [0.05, 0.1) is 0 Å². The Morgan fingerprint density at radius 3 is 2.27 bits per heavy atom. The van der Waals surface area contributed by atoms with Gasteiger partial charge in [-0.2, -0.15) is 0 Å². The van der Waals surface area contributed by atoms with Crippen LogP contribution in [0.3, 0.4) is 0 Å². The van der Waals surface area contributed by atoms with Gasteiger partial charge in [-0.15, -0.1) is 12.4 Å². The smallest absolute Gasteiger partial charge is 0.0177 e. The van der Waals surface area contributed by atoms with Gasteiger partial charge in [-0.3, -0.25) is 0 Å². The van der Waals surface area contributed by atoms with Crippen LogP contribution in [0.5, 0.6) is 0 Å². The molecule has 15 heavy (non-hydrogen) atoms. The average Bonchev–Trinajstić information content (AvgIpc) is 2.79. The second-order valence-corrected chi connectivity index (χ2v) is 4.46. The molecule has 1 aromatic rings. The molecule has 0 unspecified atom stereocenters. The van der Waals surface area contributed by atoms with Gasteiger partial charge in [0.15, 0.2) is 0 Å². The molecule has 1 aromatic carbocycles. The first-order chi connectivity index (χ1) is 6.86. The number of hydrogen-bond acceptors (Lipinski definition) is 1. The Balaban J connectivity index is 0.000000853. The Morgan fingerprint density at radius 2 is 1.67 bits per heavy atom. The van der Waals surface area contributed by atoms with Crippen LogP contribution in [0.4, 0.5) is 0 Å². The molecule has 1 nitrogen and oxygen atoms in total. The molecule has 4 atom stereocenters. The molecule has 1 saturated carbocycles. The van der Waals surface area contributed by atoms with Crippen molar-refractivity contribution < 1.29 is 0 Å². The van der Waals surface area contributed by atoms with Crippen LogP contribution in [0, 0.1) is 11.8 Å². The number of nitrogens with two attached hydrogens (primary N) is 1. The van der Waals surface area contributed by atoms with E-state index in [1.165, 1.54) is 12.0 Å². The molecule has 2 N–H and O–H groups in total. The molecule has 2 bridgehead atoms. The zero-order chi connectivity index (χ0) is 9.54. The fourth-order valence-corrected chi connectivity index (χ4v) is 3.01. The summed E-state index contributed by atoms with van der Waals surface area (Å²) in [5.41, 5.74) is 7.66. The number of rotatable bonds is 1. The van der Waals surface area contributed by atoms with Crippen molar-refractivity contribution in [2.75, 3.05) is 0 Å². The molecule has 2 aliphatic carbocycles. The minimum absolute atomic E-state index is 0. The first kappa shape index (κ1) is 10.7. The first-order valence-electron chi connectivity index (χ1n) is 5.35. The Bertz CT molecular complexity index is 360. The van der Waals surface area contributed by atoms with Crippen LogP contribution >= 0.6 is 12.4 Å². The van der Waals surface area contributed by atoms with Gasteiger partial charge in [-0.1, -0.05) is 42.5 Å². The molecule has 2 aliphatic rings. The summed E-state index contributed by atoms with van der Waals surface area (Å²) in [6.07, 6.45) is 5.92. The Labute approximate surface area is 96.8 Å². The maximum Gasteiger partial charge on any atom is 0.0177 e. The first-order valence-corrected chi connectivity index (χ1v) is 5.35. The molecule has 0 amide bonds. The van der Waals surface area contributed by atoms with Crippen LogP contribution in [0.1, 0.15) is 17.9 Å². The number of hydrogen-bond donors (Lipinski definition) is 1. The summed E-state index contributed by atoms with van der Waals surface area (Å²) in [6, 6.07) is 11.0. The molecular formula is C13H16ClN. The van der Waals surface area contributed by atoms with E-state index < -0.39 is 0 Å². The van der Waals surface area contributed by atoms with Crippen LogP contribution in [0.15, 0.2) is 42.5 Å². The standard InChI is InChI=1S/C13H15N.ClH/c14-13-11-7-6-10(8-11)12(13)9-4-2-1-3-5-9;/h1-7,10-13H,8,14H2;1H/t10-,11+,12+,13+;/m1./s1. The lowest BCUT2D eigenvalue weighted by atomic mass is 9.84. The zero-order valence-corrected chi connectivity index (χ0v) is 9.36. The monoisotopic (exact) mass is 221 g/mol. The summed E-state index contributed by atoms with van der Waals surface area (Å²) < 4.78 is 0. The topological polar surface area (TPSA) is 26.0 Å². The van der Waals surface area contributed by atoms with E-state index in [1.807, 2.05) is 0 Å². The van der Waals surface area contributed by atoms with Crippen molar-refractivity contribution in [2.45, 2.75) is 18.4 Å². The van der Waals surface area contributed by atoms with Gasteiger partial charge in [0.1, 0.15) is 0 Å². The maximum atomic E-state index is 6.24. The summed E-state index contributed by atoms with van der Waals surface area (Å²) in [6.45, 7) is 0. The summed E-state index contributed by atoms with van der Waals surface area (Å²) >= 11 is 0. The molecule has 0 spiro atoms. The van der Waals surface area contributed by atoms with Gasteiger partial charge in [-0.05, 0) is 23.8 Å². The van der Waals surface area contributed by atoms with Crippen molar-refractivity contribution in [2.24, 2.45) is 17.6 Å². The molecule has 0 aliphatic heterocycles. The minimum Gasteiger partial charge on any atom is -0.327 e. The Hall–Kier alpha value is -0.790. The largest absolute Gasteiger partial charge is 0.327 e. The summed E-state index contributed by atoms with van der Waals surface area (Å²) in [7, 11) is 0. The third kappa shape index (κ3) is 1.60. The van der Waals surface area contributed by atoms with Crippen molar-refractivity contribution in [1.82, 2.24) is 0 Å². The normalized spacial score (nSPS) is 36.6. The van der Waals surface area contributed by atoms with Crippen LogP contribution in [-0.4, -0.2) is 6.04 Å². The SMILES string of the molecule is Cl.N[C@@H]1[C@@H](c2ccccc2)[C@@H]2C=C[C@H]1C2. The predicted octanol–water partition coefficient (Wildman–Crippen LogP) is 2.73. The van der Waals surface area contributed by atoms with Crippen molar-refractivity contribution in [3.63, 3.8) is 0 Å². The molecule has 0 radical (unpaired) electrons. The lowest BCUT2D eigenvalue weighted by molar-refractivity contribution is 0.504. The second kappa shape index (κ2) is 3.99. The second-order valence-electron chi connectivity index (χ2n) is 4.46. The van der Waals surface area contributed by atoms with E-state index in [0.29, 0.717) is 23.8 Å². The number of allylic oxidation sites excluding steroid dienone is 1. The molecule has 0 aromatic heterocycles. The van der Waals surface area contributed by atoms with Crippen LogP contribution in [0.2, 0.25) is 0 Å². The van der Waals surface area contributed by atoms with Crippen LogP contribution in [-0.2, 0) is 0 Å². The molecule has 0 saturated heterocycles. The Morgan fingerprint density at radius 1 is 1.00 bits per heavy atom. The van der Waals surface area contributed by atoms with Gasteiger partial charge in [0.2, 0.25) is 0 Å². The van der Waals surface area contributed by atoms with Crippen LogP contribution < -0.4 is 5.73 Å². The van der Waals surface area contributed by atoms with Gasteiger partial charge < -0.3 is 5.73 Å². The maximum absolute atomic E-state index is 6.24. The summed E-state index contributed by atoms with van der Waals surface area (Å²) in [5, 5.41) is 0. The molecule has 1 fully saturated rings.